The number of rotatable bonds is 4. The zero-order valence-corrected chi connectivity index (χ0v) is 14.0. The van der Waals surface area contributed by atoms with Gasteiger partial charge in [-0.3, -0.25) is 4.79 Å². The zero-order valence-electron chi connectivity index (χ0n) is 14.0. The van der Waals surface area contributed by atoms with E-state index in [2.05, 4.69) is 12.1 Å². The van der Waals surface area contributed by atoms with Crippen molar-refractivity contribution in [1.82, 2.24) is 4.90 Å². The van der Waals surface area contributed by atoms with E-state index in [0.717, 1.165) is 44.5 Å². The number of likely N-dealkylation sites (tertiary alicyclic amines) is 1. The molecule has 0 N–H and O–H groups in total. The van der Waals surface area contributed by atoms with Gasteiger partial charge in [0.25, 0.3) is 5.91 Å². The van der Waals surface area contributed by atoms with Crippen molar-refractivity contribution in [2.45, 2.75) is 38.4 Å². The molecule has 1 aliphatic carbocycles. The number of fused-ring (bicyclic) bond motifs is 1. The molecule has 0 bridgehead atoms. The molecule has 0 atom stereocenters. The monoisotopic (exact) mass is 331 g/mol. The molecular weight excluding hydrogens is 306 g/mol. The molecule has 130 valence electrons. The lowest BCUT2D eigenvalue weighted by atomic mass is 9.96. The van der Waals surface area contributed by atoms with Gasteiger partial charge in [-0.1, -0.05) is 6.07 Å². The van der Waals surface area contributed by atoms with Crippen LogP contribution in [-0.4, -0.2) is 50.0 Å². The molecule has 24 heavy (non-hydrogen) atoms. The maximum atomic E-state index is 12.4. The Morgan fingerprint density at radius 1 is 1.12 bits per heavy atom. The second-order valence-corrected chi connectivity index (χ2v) is 6.90. The first-order chi connectivity index (χ1) is 11.8. The largest absolute Gasteiger partial charge is 0.484 e. The summed E-state index contributed by atoms with van der Waals surface area (Å²) in [6.45, 7) is 3.04. The Morgan fingerprint density at radius 3 is 2.67 bits per heavy atom. The number of nitrogens with zero attached hydrogens (tertiary/aromatic N) is 1. The van der Waals surface area contributed by atoms with Crippen LogP contribution in [0, 0.1) is 5.92 Å². The highest BCUT2D eigenvalue weighted by molar-refractivity contribution is 5.77. The fourth-order valence-corrected chi connectivity index (χ4v) is 3.94. The van der Waals surface area contributed by atoms with Gasteiger partial charge >= 0.3 is 0 Å². The van der Waals surface area contributed by atoms with Gasteiger partial charge in [0, 0.05) is 19.0 Å². The average molecular weight is 331 g/mol. The summed E-state index contributed by atoms with van der Waals surface area (Å²) in [7, 11) is 0. The van der Waals surface area contributed by atoms with Gasteiger partial charge in [-0.25, -0.2) is 0 Å². The van der Waals surface area contributed by atoms with Crippen LogP contribution in [0.5, 0.6) is 5.75 Å². The summed E-state index contributed by atoms with van der Waals surface area (Å²) < 4.78 is 16.9. The number of carbonyl (C=O) groups excluding carboxylic acids is 1. The van der Waals surface area contributed by atoms with Gasteiger partial charge in [0.05, 0.1) is 13.2 Å². The minimum absolute atomic E-state index is 0.0649. The first kappa shape index (κ1) is 15.9. The number of carbonyl (C=O) groups is 1. The van der Waals surface area contributed by atoms with Gasteiger partial charge in [-0.2, -0.15) is 0 Å². The Morgan fingerprint density at radius 2 is 1.88 bits per heavy atom. The summed E-state index contributed by atoms with van der Waals surface area (Å²) in [5, 5.41) is 0. The van der Waals surface area contributed by atoms with E-state index in [4.69, 9.17) is 14.2 Å². The van der Waals surface area contributed by atoms with Crippen molar-refractivity contribution in [2.75, 3.05) is 32.9 Å². The van der Waals surface area contributed by atoms with Crippen molar-refractivity contribution in [2.24, 2.45) is 5.92 Å². The summed E-state index contributed by atoms with van der Waals surface area (Å²) in [5.74, 6) is 1.29. The molecule has 2 aliphatic heterocycles. The summed E-state index contributed by atoms with van der Waals surface area (Å²) in [4.78, 5) is 14.3. The van der Waals surface area contributed by atoms with Crippen LogP contribution in [-0.2, 0) is 27.1 Å². The van der Waals surface area contributed by atoms with E-state index in [1.807, 2.05) is 11.0 Å². The number of aryl methyl sites for hydroxylation is 2. The van der Waals surface area contributed by atoms with Gasteiger partial charge in [-0.15, -0.1) is 0 Å². The third kappa shape index (κ3) is 3.42. The van der Waals surface area contributed by atoms with Gasteiger partial charge in [0.15, 0.2) is 12.9 Å². The summed E-state index contributed by atoms with van der Waals surface area (Å²) >= 11 is 0. The highest BCUT2D eigenvalue weighted by Gasteiger charge is 2.31. The van der Waals surface area contributed by atoms with Crippen LogP contribution in [0.3, 0.4) is 0 Å². The summed E-state index contributed by atoms with van der Waals surface area (Å²) in [5.41, 5.74) is 2.80. The maximum absolute atomic E-state index is 12.4. The number of hydrogen-bond acceptors (Lipinski definition) is 4. The molecule has 2 heterocycles. The molecule has 0 unspecified atom stereocenters. The molecule has 2 saturated heterocycles. The molecule has 3 aliphatic rings. The molecule has 0 saturated carbocycles. The molecule has 1 amide bonds. The predicted octanol–water partition coefficient (Wildman–Crippen LogP) is 2.17. The highest BCUT2D eigenvalue weighted by Crippen LogP contribution is 2.27. The van der Waals surface area contributed by atoms with Gasteiger partial charge in [0.2, 0.25) is 0 Å². The van der Waals surface area contributed by atoms with Crippen molar-refractivity contribution in [1.29, 1.82) is 0 Å². The Kier molecular flexibility index (Phi) is 4.72. The predicted molar refractivity (Wildman–Crippen MR) is 89.0 cm³/mol. The molecule has 0 aromatic heterocycles. The Balaban J connectivity index is 1.25. The molecule has 0 spiro atoms. The van der Waals surface area contributed by atoms with Crippen molar-refractivity contribution in [3.8, 4) is 5.75 Å². The first-order valence-electron chi connectivity index (χ1n) is 9.05. The number of piperidine rings is 1. The molecule has 5 nitrogen and oxygen atoms in total. The molecule has 1 aromatic carbocycles. The van der Waals surface area contributed by atoms with Crippen LogP contribution >= 0.6 is 0 Å². The SMILES string of the molecule is O=C(COc1ccc2c(c1)CCC2)N1CCC(C2OCCO2)CC1. The fraction of sp³-hybridized carbons (Fsp3) is 0.632. The number of amides is 1. The lowest BCUT2D eigenvalue weighted by molar-refractivity contribution is -0.138. The van der Waals surface area contributed by atoms with Crippen LogP contribution in [0.2, 0.25) is 0 Å². The quantitative estimate of drug-likeness (QED) is 0.848. The van der Waals surface area contributed by atoms with Gasteiger partial charge < -0.3 is 19.1 Å². The van der Waals surface area contributed by atoms with Crippen molar-refractivity contribution in [3.05, 3.63) is 29.3 Å². The minimum Gasteiger partial charge on any atom is -0.484 e. The second kappa shape index (κ2) is 7.11. The smallest absolute Gasteiger partial charge is 0.260 e. The second-order valence-electron chi connectivity index (χ2n) is 6.90. The van der Waals surface area contributed by atoms with Gasteiger partial charge in [0.1, 0.15) is 5.75 Å². The van der Waals surface area contributed by atoms with Crippen LogP contribution in [0.25, 0.3) is 0 Å². The Bertz CT molecular complexity index is 589. The number of hydrogen-bond donors (Lipinski definition) is 0. The third-order valence-electron chi connectivity index (χ3n) is 5.36. The van der Waals surface area contributed by atoms with E-state index in [1.165, 1.54) is 17.5 Å². The van der Waals surface area contributed by atoms with Crippen molar-refractivity contribution >= 4 is 5.91 Å². The number of benzene rings is 1. The van der Waals surface area contributed by atoms with E-state index in [0.29, 0.717) is 19.1 Å². The molecule has 1 aromatic rings. The van der Waals surface area contributed by atoms with Crippen molar-refractivity contribution in [3.63, 3.8) is 0 Å². The zero-order chi connectivity index (χ0) is 16.4. The van der Waals surface area contributed by atoms with Gasteiger partial charge in [-0.05, 0) is 55.4 Å². The van der Waals surface area contributed by atoms with Crippen LogP contribution < -0.4 is 4.74 Å². The van der Waals surface area contributed by atoms with Crippen LogP contribution in [0.4, 0.5) is 0 Å². The molecule has 2 fully saturated rings. The maximum Gasteiger partial charge on any atom is 0.260 e. The number of ether oxygens (including phenoxy) is 3. The normalized spacial score (nSPS) is 21.9. The fourth-order valence-electron chi connectivity index (χ4n) is 3.94. The first-order valence-corrected chi connectivity index (χ1v) is 9.05. The lowest BCUT2D eigenvalue weighted by Gasteiger charge is -2.33. The van der Waals surface area contributed by atoms with E-state index >= 15 is 0 Å². The van der Waals surface area contributed by atoms with E-state index < -0.39 is 0 Å². The van der Waals surface area contributed by atoms with Crippen molar-refractivity contribution < 1.29 is 19.0 Å². The topological polar surface area (TPSA) is 48.0 Å². The van der Waals surface area contributed by atoms with E-state index in [9.17, 15) is 4.79 Å². The minimum atomic E-state index is -0.0649. The average Bonchev–Trinajstić information content (AvgIpc) is 3.31. The molecule has 4 rings (SSSR count). The third-order valence-corrected chi connectivity index (χ3v) is 5.36. The molecule has 0 radical (unpaired) electrons. The van der Waals surface area contributed by atoms with Crippen LogP contribution in [0.15, 0.2) is 18.2 Å². The molecular formula is C19H25NO4. The summed E-state index contributed by atoms with van der Waals surface area (Å²) in [6, 6.07) is 6.21. The Labute approximate surface area is 142 Å². The standard InChI is InChI=1S/C19H25NO4/c21-18(13-24-17-5-4-14-2-1-3-16(14)12-17)20-8-6-15(7-9-20)19-22-10-11-23-19/h4-5,12,15,19H,1-3,6-11,13H2. The highest BCUT2D eigenvalue weighted by atomic mass is 16.7. The summed E-state index contributed by atoms with van der Waals surface area (Å²) in [6.07, 6.45) is 5.33. The van der Waals surface area contributed by atoms with E-state index in [1.54, 1.807) is 0 Å². The van der Waals surface area contributed by atoms with Crippen LogP contribution in [0.1, 0.15) is 30.4 Å². The van der Waals surface area contributed by atoms with E-state index in [-0.39, 0.29) is 18.8 Å². The Hall–Kier alpha value is -1.59. The molecule has 5 heteroatoms. The lowest BCUT2D eigenvalue weighted by Crippen LogP contribution is -2.43.